The van der Waals surface area contributed by atoms with E-state index in [-0.39, 0.29) is 5.91 Å². The van der Waals surface area contributed by atoms with Crippen LogP contribution in [0, 0.1) is 20.8 Å². The maximum absolute atomic E-state index is 13.3. The monoisotopic (exact) mass is 490 g/mol. The summed E-state index contributed by atoms with van der Waals surface area (Å²) in [6, 6.07) is 23.8. The SMILES string of the molecule is Cc1ccc(-c2ccccc2NC(=O)c2ccc(C)c(Nc3nc(-c4ccncc4)cs3)c2)cc1C. The minimum absolute atomic E-state index is 0.161. The van der Waals surface area contributed by atoms with Gasteiger partial charge in [0.25, 0.3) is 5.91 Å². The molecular weight excluding hydrogens is 464 g/mol. The molecule has 5 nitrogen and oxygen atoms in total. The second kappa shape index (κ2) is 10.1. The van der Waals surface area contributed by atoms with E-state index in [0.29, 0.717) is 5.56 Å². The van der Waals surface area contributed by atoms with Gasteiger partial charge in [-0.15, -0.1) is 11.3 Å². The molecule has 1 amide bonds. The van der Waals surface area contributed by atoms with Crippen LogP contribution in [-0.2, 0) is 0 Å². The molecule has 36 heavy (non-hydrogen) atoms. The van der Waals surface area contributed by atoms with Crippen molar-refractivity contribution < 1.29 is 4.79 Å². The fourth-order valence-electron chi connectivity index (χ4n) is 3.95. The molecule has 0 aliphatic carbocycles. The Labute approximate surface area is 214 Å². The van der Waals surface area contributed by atoms with E-state index in [4.69, 9.17) is 4.98 Å². The van der Waals surface area contributed by atoms with E-state index in [1.54, 1.807) is 12.4 Å². The molecule has 2 aromatic heterocycles. The lowest BCUT2D eigenvalue weighted by atomic mass is 9.99. The van der Waals surface area contributed by atoms with Gasteiger partial charge in [0.1, 0.15) is 0 Å². The third-order valence-corrected chi connectivity index (χ3v) is 6.97. The minimum atomic E-state index is -0.161. The average Bonchev–Trinajstić information content (AvgIpc) is 3.36. The van der Waals surface area contributed by atoms with Gasteiger partial charge in [-0.2, -0.15) is 0 Å². The number of hydrogen-bond acceptors (Lipinski definition) is 5. The van der Waals surface area contributed by atoms with Crippen LogP contribution >= 0.6 is 11.3 Å². The molecule has 0 atom stereocenters. The number of amides is 1. The second-order valence-corrected chi connectivity index (χ2v) is 9.59. The van der Waals surface area contributed by atoms with Crippen LogP contribution in [0.5, 0.6) is 0 Å². The topological polar surface area (TPSA) is 66.9 Å². The van der Waals surface area contributed by atoms with Crippen molar-refractivity contribution in [3.8, 4) is 22.4 Å². The first-order valence-corrected chi connectivity index (χ1v) is 12.6. The fourth-order valence-corrected chi connectivity index (χ4v) is 4.68. The van der Waals surface area contributed by atoms with Crippen LogP contribution < -0.4 is 10.6 Å². The number of aromatic nitrogens is 2. The number of nitrogens with one attached hydrogen (secondary N) is 2. The summed E-state index contributed by atoms with van der Waals surface area (Å²) < 4.78 is 0. The lowest BCUT2D eigenvalue weighted by Gasteiger charge is -2.14. The van der Waals surface area contributed by atoms with Crippen molar-refractivity contribution in [1.29, 1.82) is 0 Å². The van der Waals surface area contributed by atoms with Gasteiger partial charge in [-0.3, -0.25) is 9.78 Å². The highest BCUT2D eigenvalue weighted by Gasteiger charge is 2.13. The number of para-hydroxylation sites is 1. The normalized spacial score (nSPS) is 10.8. The molecule has 0 aliphatic rings. The van der Waals surface area contributed by atoms with Gasteiger partial charge >= 0.3 is 0 Å². The molecule has 0 aliphatic heterocycles. The maximum atomic E-state index is 13.3. The highest BCUT2D eigenvalue weighted by molar-refractivity contribution is 7.14. The molecule has 5 aromatic rings. The van der Waals surface area contributed by atoms with Crippen LogP contribution in [0.4, 0.5) is 16.5 Å². The van der Waals surface area contributed by atoms with Gasteiger partial charge in [0.15, 0.2) is 5.13 Å². The van der Waals surface area contributed by atoms with Crippen LogP contribution in [0.2, 0.25) is 0 Å². The molecule has 0 unspecified atom stereocenters. The van der Waals surface area contributed by atoms with Crippen LogP contribution in [0.15, 0.2) is 90.6 Å². The number of anilines is 3. The molecule has 0 saturated heterocycles. The number of hydrogen-bond donors (Lipinski definition) is 2. The van der Waals surface area contributed by atoms with Gasteiger partial charge in [-0.1, -0.05) is 42.5 Å². The van der Waals surface area contributed by atoms with E-state index in [1.807, 2.05) is 66.9 Å². The number of carbonyl (C=O) groups is 1. The zero-order valence-corrected chi connectivity index (χ0v) is 21.2. The van der Waals surface area contributed by atoms with Gasteiger partial charge in [0.05, 0.1) is 5.69 Å². The van der Waals surface area contributed by atoms with Gasteiger partial charge < -0.3 is 10.6 Å². The zero-order valence-electron chi connectivity index (χ0n) is 20.4. The summed E-state index contributed by atoms with van der Waals surface area (Å²) >= 11 is 1.52. The number of aryl methyl sites for hydroxylation is 3. The highest BCUT2D eigenvalue weighted by atomic mass is 32.1. The molecule has 0 radical (unpaired) electrons. The van der Waals surface area contributed by atoms with Crippen LogP contribution in [0.3, 0.4) is 0 Å². The smallest absolute Gasteiger partial charge is 0.255 e. The Bertz CT molecular complexity index is 1540. The van der Waals surface area contributed by atoms with Crippen molar-refractivity contribution >= 4 is 33.8 Å². The molecule has 3 aromatic carbocycles. The van der Waals surface area contributed by atoms with Crippen molar-refractivity contribution in [3.05, 3.63) is 113 Å². The van der Waals surface area contributed by atoms with Crippen molar-refractivity contribution in [2.45, 2.75) is 20.8 Å². The standard InChI is InChI=1S/C30H26N4OS/c1-19-8-10-23(16-21(19)3)25-6-4-5-7-26(25)32-29(35)24-11-9-20(2)27(17-24)33-30-34-28(18-36-30)22-12-14-31-15-13-22/h4-18H,1-3H3,(H,32,35)(H,33,34). The van der Waals surface area contributed by atoms with Crippen molar-refractivity contribution in [2.75, 3.05) is 10.6 Å². The predicted molar refractivity (Wildman–Crippen MR) is 149 cm³/mol. The minimum Gasteiger partial charge on any atom is -0.331 e. The number of rotatable bonds is 6. The first kappa shape index (κ1) is 23.5. The Morgan fingerprint density at radius 1 is 0.778 bits per heavy atom. The quantitative estimate of drug-likeness (QED) is 0.255. The Kier molecular flexibility index (Phi) is 6.60. The molecule has 178 valence electrons. The lowest BCUT2D eigenvalue weighted by molar-refractivity contribution is 0.102. The summed E-state index contributed by atoms with van der Waals surface area (Å²) in [6.07, 6.45) is 3.51. The molecule has 0 fully saturated rings. The Morgan fingerprint density at radius 3 is 2.36 bits per heavy atom. The Morgan fingerprint density at radius 2 is 1.56 bits per heavy atom. The molecule has 0 saturated carbocycles. The Hall–Kier alpha value is -4.29. The highest BCUT2D eigenvalue weighted by Crippen LogP contribution is 2.31. The average molecular weight is 491 g/mol. The summed E-state index contributed by atoms with van der Waals surface area (Å²) in [5.41, 5.74) is 9.67. The van der Waals surface area contributed by atoms with Crippen molar-refractivity contribution in [1.82, 2.24) is 9.97 Å². The van der Waals surface area contributed by atoms with E-state index in [2.05, 4.69) is 47.7 Å². The van der Waals surface area contributed by atoms with E-state index in [1.165, 1.54) is 22.5 Å². The molecule has 5 rings (SSSR count). The molecule has 6 heteroatoms. The molecule has 0 spiro atoms. The second-order valence-electron chi connectivity index (χ2n) is 8.73. The summed E-state index contributed by atoms with van der Waals surface area (Å²) in [5.74, 6) is -0.161. The molecule has 0 bridgehead atoms. The molecule has 2 N–H and O–H groups in total. The van der Waals surface area contributed by atoms with E-state index in [0.717, 1.165) is 44.5 Å². The number of thiazole rings is 1. The van der Waals surface area contributed by atoms with Gasteiger partial charge in [-0.25, -0.2) is 4.98 Å². The molecular formula is C30H26N4OS. The Balaban J connectivity index is 1.37. The third kappa shape index (κ3) is 5.04. The summed E-state index contributed by atoms with van der Waals surface area (Å²) in [5, 5.41) is 9.27. The van der Waals surface area contributed by atoms with E-state index >= 15 is 0 Å². The molecule has 2 heterocycles. The van der Waals surface area contributed by atoms with Gasteiger partial charge in [0, 0.05) is 45.8 Å². The first-order valence-electron chi connectivity index (χ1n) is 11.7. The zero-order chi connectivity index (χ0) is 25.1. The largest absolute Gasteiger partial charge is 0.331 e. The number of benzene rings is 3. The fraction of sp³-hybridized carbons (Fsp3) is 0.100. The van der Waals surface area contributed by atoms with Crippen molar-refractivity contribution in [3.63, 3.8) is 0 Å². The lowest BCUT2D eigenvalue weighted by Crippen LogP contribution is -2.13. The summed E-state index contributed by atoms with van der Waals surface area (Å²) in [4.78, 5) is 22.0. The maximum Gasteiger partial charge on any atom is 0.255 e. The van der Waals surface area contributed by atoms with Crippen molar-refractivity contribution in [2.24, 2.45) is 0 Å². The summed E-state index contributed by atoms with van der Waals surface area (Å²) in [7, 11) is 0. The number of nitrogens with zero attached hydrogens (tertiary/aromatic N) is 2. The van der Waals surface area contributed by atoms with E-state index in [9.17, 15) is 4.79 Å². The van der Waals surface area contributed by atoms with Crippen LogP contribution in [0.1, 0.15) is 27.0 Å². The third-order valence-electron chi connectivity index (χ3n) is 6.21. The number of carbonyl (C=O) groups excluding carboxylic acids is 1. The number of pyridine rings is 1. The predicted octanol–water partition coefficient (Wildman–Crippen LogP) is 7.79. The van der Waals surface area contributed by atoms with Crippen LogP contribution in [-0.4, -0.2) is 15.9 Å². The van der Waals surface area contributed by atoms with Crippen LogP contribution in [0.25, 0.3) is 22.4 Å². The van der Waals surface area contributed by atoms with Gasteiger partial charge in [0.2, 0.25) is 0 Å². The first-order chi connectivity index (χ1) is 17.5. The van der Waals surface area contributed by atoms with Gasteiger partial charge in [-0.05, 0) is 73.4 Å². The van der Waals surface area contributed by atoms with E-state index < -0.39 is 0 Å². The summed E-state index contributed by atoms with van der Waals surface area (Å²) in [6.45, 7) is 6.21.